The number of ether oxygens (including phenoxy) is 2. The van der Waals surface area contributed by atoms with Crippen LogP contribution in [0.2, 0.25) is 0 Å². The minimum Gasteiger partial charge on any atom is -0.471 e. The number of benzene rings is 1. The Kier molecular flexibility index (Phi) is 29.3. The molecule has 63 heavy (non-hydrogen) atoms. The Hall–Kier alpha value is -5.44. The van der Waals surface area contributed by atoms with Gasteiger partial charge in [-0.2, -0.15) is 0 Å². The lowest BCUT2D eigenvalue weighted by Crippen LogP contribution is -2.44. The van der Waals surface area contributed by atoms with Crippen molar-refractivity contribution >= 4 is 31.4 Å². The zero-order valence-electron chi connectivity index (χ0n) is 39.7. The fourth-order valence-electron chi connectivity index (χ4n) is 7.81. The number of aryl methyl sites for hydroxylation is 1. The lowest BCUT2D eigenvalue weighted by atomic mass is 9.77. The Morgan fingerprint density at radius 2 is 1.57 bits per heavy atom. The first-order chi connectivity index (χ1) is 30.5. The molecule has 1 aromatic carbocycles. The van der Waals surface area contributed by atoms with E-state index in [4.69, 9.17) is 4.79 Å². The molecule has 348 valence electrons. The number of methoxy groups -OCH3 is 2. The number of aromatic nitrogens is 2. The van der Waals surface area contributed by atoms with Crippen LogP contribution in [-0.4, -0.2) is 125 Å². The van der Waals surface area contributed by atoms with Gasteiger partial charge in [0.05, 0.1) is 32.6 Å². The average molecular weight is 873 g/mol. The number of H-pyrrole nitrogens is 1. The van der Waals surface area contributed by atoms with Gasteiger partial charge in [0.2, 0.25) is 18.2 Å². The number of allylic oxidation sites excluding steroid dienone is 1. The van der Waals surface area contributed by atoms with Crippen molar-refractivity contribution in [2.24, 2.45) is 4.99 Å². The molecular formula is C49H76N8O6. The maximum absolute atomic E-state index is 12.5. The van der Waals surface area contributed by atoms with Crippen LogP contribution >= 0.6 is 0 Å². The lowest BCUT2D eigenvalue weighted by Gasteiger charge is -2.26. The van der Waals surface area contributed by atoms with Gasteiger partial charge in [0, 0.05) is 57.6 Å². The highest BCUT2D eigenvalue weighted by molar-refractivity contribution is 5.80. The number of aliphatic imine (C=N–C) groups is 1. The molecule has 2 aliphatic heterocycles. The van der Waals surface area contributed by atoms with Crippen LogP contribution in [0.5, 0.6) is 0 Å². The van der Waals surface area contributed by atoms with Crippen LogP contribution in [0.3, 0.4) is 0 Å². The minimum atomic E-state index is -0.0712. The summed E-state index contributed by atoms with van der Waals surface area (Å²) in [6, 6.07) is 4.26. The fraction of sp³-hybridized carbons (Fsp3) is 0.592. The van der Waals surface area contributed by atoms with Crippen LogP contribution in [0.15, 0.2) is 35.2 Å². The van der Waals surface area contributed by atoms with Crippen molar-refractivity contribution in [3.63, 3.8) is 0 Å². The number of carbonyl (C=O) groups excluding carboxylic acids is 4. The number of likely N-dealkylation sites (N-methyl/N-ethyl adjacent to an activating group) is 1. The first-order valence-electron chi connectivity index (χ1n) is 22.4. The van der Waals surface area contributed by atoms with Gasteiger partial charge in [0.1, 0.15) is 17.2 Å². The van der Waals surface area contributed by atoms with Gasteiger partial charge >= 0.3 is 0 Å². The molecule has 1 atom stereocenters. The van der Waals surface area contributed by atoms with Gasteiger partial charge in [-0.05, 0) is 113 Å². The third-order valence-electron chi connectivity index (χ3n) is 10.3. The van der Waals surface area contributed by atoms with E-state index in [1.54, 1.807) is 33.7 Å². The predicted octanol–water partition coefficient (Wildman–Crippen LogP) is 5.81. The highest BCUT2D eigenvalue weighted by Gasteiger charge is 2.43. The molecule has 14 nitrogen and oxygen atoms in total. The number of likely N-dealkylation sites (tertiary alicyclic amines) is 2. The smallest absolute Gasteiger partial charge is 0.292 e. The summed E-state index contributed by atoms with van der Waals surface area (Å²) in [5, 5.41) is 8.71. The molecule has 0 radical (unpaired) electrons. The van der Waals surface area contributed by atoms with Gasteiger partial charge in [-0.3, -0.25) is 24.2 Å². The van der Waals surface area contributed by atoms with E-state index in [9.17, 15) is 14.4 Å². The first kappa shape index (κ1) is 55.6. The van der Waals surface area contributed by atoms with Crippen molar-refractivity contribution in [3.8, 4) is 23.7 Å². The Morgan fingerprint density at radius 1 is 0.937 bits per heavy atom. The third-order valence-corrected chi connectivity index (χ3v) is 10.3. The monoisotopic (exact) mass is 873 g/mol. The molecule has 1 unspecified atom stereocenters. The highest BCUT2D eigenvalue weighted by atomic mass is 16.5. The second-order valence-corrected chi connectivity index (χ2v) is 15.6. The molecular weight excluding hydrogens is 797 g/mol. The van der Waals surface area contributed by atoms with E-state index >= 15 is 0 Å². The van der Waals surface area contributed by atoms with E-state index < -0.39 is 0 Å². The van der Waals surface area contributed by atoms with E-state index in [0.717, 1.165) is 61.4 Å². The minimum absolute atomic E-state index is 0.0193. The molecule has 4 N–H and O–H groups in total. The molecule has 1 aromatic heterocycles. The van der Waals surface area contributed by atoms with Crippen molar-refractivity contribution in [1.82, 2.24) is 35.7 Å². The summed E-state index contributed by atoms with van der Waals surface area (Å²) in [6.45, 7) is 18.1. The topological polar surface area (TPSA) is 170 Å². The van der Waals surface area contributed by atoms with E-state index in [1.165, 1.54) is 69.6 Å². The first-order valence-corrected chi connectivity index (χ1v) is 22.4. The molecule has 1 saturated carbocycles. The van der Waals surface area contributed by atoms with Crippen LogP contribution in [0.1, 0.15) is 132 Å². The Morgan fingerprint density at radius 3 is 2.13 bits per heavy atom. The largest absolute Gasteiger partial charge is 0.471 e. The van der Waals surface area contributed by atoms with Crippen molar-refractivity contribution < 1.29 is 28.7 Å². The number of amides is 3. The van der Waals surface area contributed by atoms with E-state index in [-0.39, 0.29) is 29.8 Å². The van der Waals surface area contributed by atoms with Gasteiger partial charge in [0.15, 0.2) is 0 Å². The molecule has 3 heterocycles. The second-order valence-electron chi connectivity index (χ2n) is 15.6. The number of nitrogens with one attached hydrogen (secondary N) is 4. The van der Waals surface area contributed by atoms with Crippen molar-refractivity contribution in [2.75, 3.05) is 67.6 Å². The summed E-state index contributed by atoms with van der Waals surface area (Å²) < 4.78 is 8.11. The van der Waals surface area contributed by atoms with Crippen LogP contribution in [0.25, 0.3) is 0 Å². The Balaban J connectivity index is 0.000000710. The van der Waals surface area contributed by atoms with Crippen molar-refractivity contribution in [1.29, 1.82) is 0 Å². The van der Waals surface area contributed by atoms with Crippen LogP contribution in [-0.2, 0) is 40.5 Å². The van der Waals surface area contributed by atoms with Gasteiger partial charge in [-0.1, -0.05) is 65.2 Å². The Bertz CT molecular complexity index is 1820. The number of hydrogen-bond acceptors (Lipinski definition) is 10. The van der Waals surface area contributed by atoms with E-state index in [2.05, 4.69) is 111 Å². The summed E-state index contributed by atoms with van der Waals surface area (Å²) >= 11 is 0. The predicted molar refractivity (Wildman–Crippen MR) is 253 cm³/mol. The second kappa shape index (κ2) is 33.2. The van der Waals surface area contributed by atoms with Crippen molar-refractivity contribution in [2.45, 2.75) is 123 Å². The summed E-state index contributed by atoms with van der Waals surface area (Å²) in [7, 11) is 6.36. The molecule has 4 aliphatic rings. The van der Waals surface area contributed by atoms with Crippen molar-refractivity contribution in [3.05, 3.63) is 64.0 Å². The highest BCUT2D eigenvalue weighted by Crippen LogP contribution is 2.52. The number of aromatic amines is 1. The number of carbonyl (C=O) groups is 4. The molecule has 1 spiro atoms. The normalized spacial score (nSPS) is 16.0. The van der Waals surface area contributed by atoms with Gasteiger partial charge < -0.3 is 40.2 Å². The van der Waals surface area contributed by atoms with E-state index in [1.807, 2.05) is 16.7 Å². The van der Waals surface area contributed by atoms with Crippen LogP contribution < -0.4 is 16.0 Å². The molecule has 14 heteroatoms. The fourth-order valence-corrected chi connectivity index (χ4v) is 7.81. The SMILES string of the molecule is C=N/C=C(/C#Cc1ccc(C#Cc2cnc(C)[nH]2)c2c1C1(CCCC1)CC2)NCC1CCCN1C(=O)CNC=O.CCC.CCC.CNCC(=O)N1CCCC1.COC.COC=O. The molecule has 2 aliphatic carbocycles. The molecule has 2 saturated heterocycles. The van der Waals surface area contributed by atoms with Gasteiger partial charge in [-0.15, -0.1) is 0 Å². The van der Waals surface area contributed by atoms with E-state index in [0.29, 0.717) is 38.2 Å². The number of rotatable bonds is 10. The zero-order valence-corrected chi connectivity index (χ0v) is 39.7. The summed E-state index contributed by atoms with van der Waals surface area (Å²) in [5.74, 6) is 14.4. The number of fused-ring (bicyclic) bond motifs is 2. The quantitative estimate of drug-likeness (QED) is 0.131. The molecule has 3 fully saturated rings. The number of nitrogens with zero attached hydrogens (tertiary/aromatic N) is 4. The van der Waals surface area contributed by atoms with Crippen LogP contribution in [0.4, 0.5) is 0 Å². The van der Waals surface area contributed by atoms with Gasteiger partial charge in [0.25, 0.3) is 6.47 Å². The lowest BCUT2D eigenvalue weighted by molar-refractivity contribution is -0.132. The third kappa shape index (κ3) is 19.7. The summed E-state index contributed by atoms with van der Waals surface area (Å²) in [5.41, 5.74) is 6.54. The molecule has 0 bridgehead atoms. The maximum atomic E-state index is 12.5. The summed E-state index contributed by atoms with van der Waals surface area (Å²) in [4.78, 5) is 58.3. The summed E-state index contributed by atoms with van der Waals surface area (Å²) in [6.07, 6.45) is 17.7. The van der Waals surface area contributed by atoms with Gasteiger partial charge in [-0.25, -0.2) is 4.98 Å². The number of hydrogen-bond donors (Lipinski definition) is 4. The average Bonchev–Trinajstić information content (AvgIpc) is 4.15. The molecule has 2 aromatic rings. The standard InChI is InChI=1S/C32H36N6O2.C7H14N2O.2C3H8.C2H4O2.C2H6O/c1-23-35-19-27(37-23)12-9-24-7-8-25(31-29(24)13-16-32(31)14-3-4-15-32)10-11-26(18-33-2)36-20-28-6-5-17-38(28)30(40)21-34-22-39;1-8-6-7(10)9-4-2-3-5-9;2*1-3-2;1-4-2-3;1-3-2/h7-8,18-19,22,28,36H,2-6,13-17,20-21H2,1H3,(H,34,39)(H,35,37);8H,2-6H2,1H3;2*3H2,1-2H3;2H,1H3;1-2H3/b26-18-;;;;;. The molecule has 3 amide bonds. The Labute approximate surface area is 378 Å². The maximum Gasteiger partial charge on any atom is 0.292 e. The van der Waals surface area contributed by atoms with Crippen LogP contribution in [0, 0.1) is 30.6 Å². The number of imidazole rings is 1. The molecule has 6 rings (SSSR count). The zero-order chi connectivity index (χ0) is 46.9.